The largest absolute Gasteiger partial charge is 0.465 e. The summed E-state index contributed by atoms with van der Waals surface area (Å²) >= 11 is 1.89. The molecule has 3 nitrogen and oxygen atoms in total. The Morgan fingerprint density at radius 3 is 2.65 bits per heavy atom. The molecule has 4 heteroatoms. The van der Waals surface area contributed by atoms with E-state index in [-0.39, 0.29) is 5.97 Å². The molecule has 1 fully saturated rings. The Morgan fingerprint density at radius 2 is 2.18 bits per heavy atom. The number of carbonyl (C=O) groups is 1. The van der Waals surface area contributed by atoms with Crippen LogP contribution in [-0.2, 0) is 9.53 Å². The molecule has 2 atom stereocenters. The third-order valence-corrected chi connectivity index (χ3v) is 4.04. The maximum atomic E-state index is 12.1. The number of carbonyl (C=O) groups excluding carboxylic acids is 1. The van der Waals surface area contributed by atoms with Gasteiger partial charge in [0.15, 0.2) is 0 Å². The third-order valence-electron chi connectivity index (χ3n) is 2.97. The van der Waals surface area contributed by atoms with Crippen LogP contribution in [0.15, 0.2) is 0 Å². The van der Waals surface area contributed by atoms with Crippen molar-refractivity contribution in [3.63, 3.8) is 0 Å². The van der Waals surface area contributed by atoms with Gasteiger partial charge in [-0.25, -0.2) is 0 Å². The first-order valence-electron chi connectivity index (χ1n) is 6.58. The van der Waals surface area contributed by atoms with E-state index in [0.29, 0.717) is 17.9 Å². The summed E-state index contributed by atoms with van der Waals surface area (Å²) in [6.45, 7) is 8.63. The molecule has 1 aliphatic rings. The standard InChI is InChI=1S/C13H25NO2S/c1-5-16-12(15)13(4,14-11-7-8-11)9-10(3)17-6-2/h10-11,14H,5-9H2,1-4H3. The first-order chi connectivity index (χ1) is 8.01. The summed E-state index contributed by atoms with van der Waals surface area (Å²) in [7, 11) is 0. The lowest BCUT2D eigenvalue weighted by molar-refractivity contribution is -0.150. The second-order valence-corrected chi connectivity index (χ2v) is 6.66. The quantitative estimate of drug-likeness (QED) is 0.680. The van der Waals surface area contributed by atoms with Gasteiger partial charge < -0.3 is 4.74 Å². The van der Waals surface area contributed by atoms with E-state index >= 15 is 0 Å². The Morgan fingerprint density at radius 1 is 1.53 bits per heavy atom. The van der Waals surface area contributed by atoms with Crippen LogP contribution in [0.1, 0.15) is 47.0 Å². The van der Waals surface area contributed by atoms with Crippen molar-refractivity contribution in [2.45, 2.75) is 63.8 Å². The normalized spacial score (nSPS) is 20.7. The van der Waals surface area contributed by atoms with Crippen LogP contribution in [-0.4, -0.2) is 35.2 Å². The fourth-order valence-corrected chi connectivity index (χ4v) is 3.11. The summed E-state index contributed by atoms with van der Waals surface area (Å²) in [6, 6.07) is 0.517. The number of rotatable bonds is 8. The number of hydrogen-bond acceptors (Lipinski definition) is 4. The average Bonchev–Trinajstić information content (AvgIpc) is 3.02. The lowest BCUT2D eigenvalue weighted by Crippen LogP contribution is -2.52. The second-order valence-electron chi connectivity index (χ2n) is 4.94. The molecule has 1 saturated carbocycles. The molecular weight excluding hydrogens is 234 g/mol. The van der Waals surface area contributed by atoms with E-state index in [1.54, 1.807) is 0 Å². The molecule has 1 N–H and O–H groups in total. The summed E-state index contributed by atoms with van der Waals surface area (Å²) in [5, 5.41) is 3.93. The Labute approximate surface area is 109 Å². The zero-order valence-electron chi connectivity index (χ0n) is 11.4. The predicted octanol–water partition coefficient (Wildman–Crippen LogP) is 2.59. The van der Waals surface area contributed by atoms with Crippen molar-refractivity contribution >= 4 is 17.7 Å². The van der Waals surface area contributed by atoms with Gasteiger partial charge in [-0.1, -0.05) is 13.8 Å². The molecule has 100 valence electrons. The fourth-order valence-electron chi connectivity index (χ4n) is 2.09. The van der Waals surface area contributed by atoms with Gasteiger partial charge >= 0.3 is 5.97 Å². The second kappa shape index (κ2) is 6.64. The monoisotopic (exact) mass is 259 g/mol. The van der Waals surface area contributed by atoms with E-state index in [4.69, 9.17) is 4.74 Å². The Hall–Kier alpha value is -0.220. The summed E-state index contributed by atoms with van der Waals surface area (Å²) in [5.74, 6) is 0.985. The van der Waals surface area contributed by atoms with Crippen molar-refractivity contribution in [1.82, 2.24) is 5.32 Å². The van der Waals surface area contributed by atoms with Crippen molar-refractivity contribution in [3.8, 4) is 0 Å². The van der Waals surface area contributed by atoms with E-state index in [9.17, 15) is 4.79 Å². The minimum Gasteiger partial charge on any atom is -0.465 e. The van der Waals surface area contributed by atoms with Gasteiger partial charge in [-0.15, -0.1) is 0 Å². The van der Waals surface area contributed by atoms with E-state index in [1.165, 1.54) is 12.8 Å². The summed E-state index contributed by atoms with van der Waals surface area (Å²) in [6.07, 6.45) is 3.20. The summed E-state index contributed by atoms with van der Waals surface area (Å²) in [4.78, 5) is 12.1. The average molecular weight is 259 g/mol. The molecule has 2 unspecified atom stereocenters. The van der Waals surface area contributed by atoms with Crippen LogP contribution in [0, 0.1) is 0 Å². The van der Waals surface area contributed by atoms with Crippen molar-refractivity contribution in [1.29, 1.82) is 0 Å². The maximum absolute atomic E-state index is 12.1. The molecule has 0 aromatic heterocycles. The van der Waals surface area contributed by atoms with Gasteiger partial charge in [0.1, 0.15) is 5.54 Å². The zero-order chi connectivity index (χ0) is 12.9. The van der Waals surface area contributed by atoms with Crippen LogP contribution in [0.4, 0.5) is 0 Å². The first-order valence-corrected chi connectivity index (χ1v) is 7.63. The number of esters is 1. The van der Waals surface area contributed by atoms with Crippen molar-refractivity contribution in [2.75, 3.05) is 12.4 Å². The highest BCUT2D eigenvalue weighted by Crippen LogP contribution is 2.28. The first kappa shape index (κ1) is 14.8. The van der Waals surface area contributed by atoms with Crippen LogP contribution in [0.25, 0.3) is 0 Å². The van der Waals surface area contributed by atoms with Crippen LogP contribution in [0.5, 0.6) is 0 Å². The summed E-state index contributed by atoms with van der Waals surface area (Å²) < 4.78 is 5.20. The SMILES string of the molecule is CCOC(=O)C(C)(CC(C)SCC)NC1CC1. The van der Waals surface area contributed by atoms with E-state index in [2.05, 4.69) is 19.2 Å². The molecule has 0 aliphatic heterocycles. The molecule has 0 heterocycles. The van der Waals surface area contributed by atoms with Gasteiger partial charge in [0.2, 0.25) is 0 Å². The van der Waals surface area contributed by atoms with Crippen molar-refractivity contribution in [2.24, 2.45) is 0 Å². The molecule has 0 aromatic rings. The van der Waals surface area contributed by atoms with Crippen molar-refractivity contribution in [3.05, 3.63) is 0 Å². The minimum absolute atomic E-state index is 0.101. The highest BCUT2D eigenvalue weighted by Gasteiger charge is 2.40. The van der Waals surface area contributed by atoms with Crippen LogP contribution in [0.2, 0.25) is 0 Å². The number of ether oxygens (including phenoxy) is 1. The molecule has 0 spiro atoms. The maximum Gasteiger partial charge on any atom is 0.326 e. The highest BCUT2D eigenvalue weighted by molar-refractivity contribution is 7.99. The lowest BCUT2D eigenvalue weighted by atomic mass is 9.95. The van der Waals surface area contributed by atoms with Gasteiger partial charge in [0.25, 0.3) is 0 Å². The molecule has 0 radical (unpaired) electrons. The van der Waals surface area contributed by atoms with Gasteiger partial charge in [0, 0.05) is 11.3 Å². The summed E-state index contributed by atoms with van der Waals surface area (Å²) in [5.41, 5.74) is -0.515. The number of hydrogen-bond donors (Lipinski definition) is 1. The van der Waals surface area contributed by atoms with E-state index in [1.807, 2.05) is 25.6 Å². The Kier molecular flexibility index (Phi) is 5.80. The van der Waals surface area contributed by atoms with Gasteiger partial charge in [-0.2, -0.15) is 11.8 Å². The minimum atomic E-state index is -0.515. The molecule has 0 aromatic carbocycles. The molecular formula is C13H25NO2S. The molecule has 0 bridgehead atoms. The zero-order valence-corrected chi connectivity index (χ0v) is 12.2. The smallest absolute Gasteiger partial charge is 0.326 e. The topological polar surface area (TPSA) is 38.3 Å². The third kappa shape index (κ3) is 4.88. The van der Waals surface area contributed by atoms with Gasteiger partial charge in [-0.3, -0.25) is 10.1 Å². The van der Waals surface area contributed by atoms with Crippen molar-refractivity contribution < 1.29 is 9.53 Å². The van der Waals surface area contributed by atoms with Crippen LogP contribution in [0.3, 0.4) is 0 Å². The predicted molar refractivity (Wildman–Crippen MR) is 73.4 cm³/mol. The van der Waals surface area contributed by atoms with Gasteiger partial charge in [-0.05, 0) is 38.9 Å². The van der Waals surface area contributed by atoms with E-state index < -0.39 is 5.54 Å². The number of thioether (sulfide) groups is 1. The molecule has 0 amide bonds. The lowest BCUT2D eigenvalue weighted by Gasteiger charge is -2.31. The Bertz CT molecular complexity index is 256. The number of nitrogens with one attached hydrogen (secondary N) is 1. The highest BCUT2D eigenvalue weighted by atomic mass is 32.2. The molecule has 0 saturated heterocycles. The molecule has 1 rings (SSSR count). The molecule has 17 heavy (non-hydrogen) atoms. The molecule has 1 aliphatic carbocycles. The van der Waals surface area contributed by atoms with Crippen LogP contribution >= 0.6 is 11.8 Å². The van der Waals surface area contributed by atoms with E-state index in [0.717, 1.165) is 12.2 Å². The fraction of sp³-hybridized carbons (Fsp3) is 0.923. The Balaban J connectivity index is 2.59. The van der Waals surface area contributed by atoms with Gasteiger partial charge in [0.05, 0.1) is 6.61 Å². The van der Waals surface area contributed by atoms with Crippen LogP contribution < -0.4 is 5.32 Å².